The lowest BCUT2D eigenvalue weighted by molar-refractivity contribution is -0.00951. The maximum Gasteiger partial charge on any atom is 0.0613 e. The SMILES string of the molecule is CCC(O)C(C)(CC)CO. The summed E-state index contributed by atoms with van der Waals surface area (Å²) in [5.74, 6) is 0. The van der Waals surface area contributed by atoms with Crippen LogP contribution in [0, 0.1) is 5.41 Å². The average Bonchev–Trinajstić information content (AvgIpc) is 2.01. The van der Waals surface area contributed by atoms with E-state index < -0.39 is 0 Å². The summed E-state index contributed by atoms with van der Waals surface area (Å²) in [6.45, 7) is 5.88. The van der Waals surface area contributed by atoms with Gasteiger partial charge in [-0.15, -0.1) is 0 Å². The van der Waals surface area contributed by atoms with Crippen molar-refractivity contribution in [2.75, 3.05) is 6.61 Å². The Hall–Kier alpha value is -0.0800. The van der Waals surface area contributed by atoms with Gasteiger partial charge in [-0.3, -0.25) is 0 Å². The Bertz CT molecular complexity index is 87.3. The van der Waals surface area contributed by atoms with E-state index in [0.29, 0.717) is 6.42 Å². The van der Waals surface area contributed by atoms with Gasteiger partial charge in [-0.25, -0.2) is 0 Å². The van der Waals surface area contributed by atoms with Gasteiger partial charge in [0.2, 0.25) is 0 Å². The summed E-state index contributed by atoms with van der Waals surface area (Å²) >= 11 is 0. The molecule has 0 aromatic rings. The molecule has 0 fully saturated rings. The molecule has 10 heavy (non-hydrogen) atoms. The molecule has 0 heterocycles. The third kappa shape index (κ3) is 1.96. The van der Waals surface area contributed by atoms with Crippen molar-refractivity contribution in [2.45, 2.75) is 39.7 Å². The van der Waals surface area contributed by atoms with Crippen molar-refractivity contribution >= 4 is 0 Å². The van der Waals surface area contributed by atoms with Gasteiger partial charge in [0.1, 0.15) is 0 Å². The van der Waals surface area contributed by atoms with Crippen LogP contribution in [0.15, 0.2) is 0 Å². The summed E-state index contributed by atoms with van der Waals surface area (Å²) < 4.78 is 0. The fourth-order valence-corrected chi connectivity index (χ4v) is 0.946. The highest BCUT2D eigenvalue weighted by Gasteiger charge is 2.28. The van der Waals surface area contributed by atoms with Gasteiger partial charge in [0, 0.05) is 5.41 Å². The van der Waals surface area contributed by atoms with E-state index in [1.54, 1.807) is 0 Å². The number of hydrogen-bond acceptors (Lipinski definition) is 2. The molecule has 0 rings (SSSR count). The molecule has 2 unspecified atom stereocenters. The molecule has 0 aromatic heterocycles. The molecule has 2 atom stereocenters. The lowest BCUT2D eigenvalue weighted by atomic mass is 9.81. The average molecular weight is 146 g/mol. The Morgan fingerprint density at radius 3 is 2.00 bits per heavy atom. The van der Waals surface area contributed by atoms with Crippen molar-refractivity contribution in [1.29, 1.82) is 0 Å². The van der Waals surface area contributed by atoms with E-state index in [1.165, 1.54) is 0 Å². The number of aliphatic hydroxyl groups excluding tert-OH is 2. The minimum absolute atomic E-state index is 0.0680. The van der Waals surface area contributed by atoms with Gasteiger partial charge in [-0.05, 0) is 12.8 Å². The van der Waals surface area contributed by atoms with Crippen LogP contribution in [-0.2, 0) is 0 Å². The Kier molecular flexibility index (Phi) is 3.91. The molecule has 0 radical (unpaired) electrons. The first-order valence-electron chi connectivity index (χ1n) is 3.89. The van der Waals surface area contributed by atoms with Crippen LogP contribution in [0.5, 0.6) is 0 Å². The molecule has 0 spiro atoms. The smallest absolute Gasteiger partial charge is 0.0613 e. The Morgan fingerprint density at radius 2 is 1.90 bits per heavy atom. The molecule has 2 N–H and O–H groups in total. The molecule has 62 valence electrons. The van der Waals surface area contributed by atoms with Crippen LogP contribution >= 0.6 is 0 Å². The standard InChI is InChI=1S/C8H18O2/c1-4-7(10)8(3,5-2)6-9/h7,9-10H,4-6H2,1-3H3. The van der Waals surface area contributed by atoms with Crippen LogP contribution in [0.3, 0.4) is 0 Å². The molecule has 0 aliphatic heterocycles. The highest BCUT2D eigenvalue weighted by Crippen LogP contribution is 2.26. The molecule has 0 aromatic carbocycles. The van der Waals surface area contributed by atoms with Crippen molar-refractivity contribution in [3.63, 3.8) is 0 Å². The van der Waals surface area contributed by atoms with Crippen LogP contribution in [-0.4, -0.2) is 22.9 Å². The second-order valence-electron chi connectivity index (χ2n) is 3.09. The van der Waals surface area contributed by atoms with Gasteiger partial charge in [0.05, 0.1) is 12.7 Å². The topological polar surface area (TPSA) is 40.5 Å². The summed E-state index contributed by atoms with van der Waals surface area (Å²) in [6.07, 6.45) is 1.16. The van der Waals surface area contributed by atoms with Gasteiger partial charge in [-0.1, -0.05) is 20.8 Å². The molecule has 0 amide bonds. The van der Waals surface area contributed by atoms with E-state index in [1.807, 2.05) is 20.8 Å². The van der Waals surface area contributed by atoms with Crippen LogP contribution in [0.2, 0.25) is 0 Å². The van der Waals surface area contributed by atoms with Crippen molar-refractivity contribution in [1.82, 2.24) is 0 Å². The van der Waals surface area contributed by atoms with Gasteiger partial charge in [0.15, 0.2) is 0 Å². The predicted molar refractivity (Wildman–Crippen MR) is 41.8 cm³/mol. The van der Waals surface area contributed by atoms with Gasteiger partial charge >= 0.3 is 0 Å². The fraction of sp³-hybridized carbons (Fsp3) is 1.00. The molecule has 2 nitrogen and oxygen atoms in total. The Morgan fingerprint density at radius 1 is 1.40 bits per heavy atom. The molecule has 2 heteroatoms. The fourth-order valence-electron chi connectivity index (χ4n) is 0.946. The van der Waals surface area contributed by atoms with E-state index in [4.69, 9.17) is 5.11 Å². The molecular formula is C8H18O2. The van der Waals surface area contributed by atoms with Gasteiger partial charge in [0.25, 0.3) is 0 Å². The third-order valence-corrected chi connectivity index (χ3v) is 2.36. The van der Waals surface area contributed by atoms with Crippen LogP contribution in [0.25, 0.3) is 0 Å². The zero-order valence-corrected chi connectivity index (χ0v) is 7.09. The summed E-state index contributed by atoms with van der Waals surface area (Å²) in [4.78, 5) is 0. The molecule has 0 saturated carbocycles. The summed E-state index contributed by atoms with van der Waals surface area (Å²) in [6, 6.07) is 0. The van der Waals surface area contributed by atoms with Gasteiger partial charge in [-0.2, -0.15) is 0 Å². The van der Waals surface area contributed by atoms with Gasteiger partial charge < -0.3 is 10.2 Å². The molecule has 0 bridgehead atoms. The van der Waals surface area contributed by atoms with Crippen LogP contribution < -0.4 is 0 Å². The van der Waals surface area contributed by atoms with Crippen molar-refractivity contribution in [2.24, 2.45) is 5.41 Å². The van der Waals surface area contributed by atoms with E-state index >= 15 is 0 Å². The molecule has 0 aliphatic rings. The highest BCUT2D eigenvalue weighted by atomic mass is 16.3. The quantitative estimate of drug-likeness (QED) is 0.625. The molecular weight excluding hydrogens is 128 g/mol. The van der Waals surface area contributed by atoms with Crippen molar-refractivity contribution in [3.05, 3.63) is 0 Å². The Balaban J connectivity index is 4.02. The highest BCUT2D eigenvalue weighted by molar-refractivity contribution is 4.78. The summed E-state index contributed by atoms with van der Waals surface area (Å²) in [5.41, 5.74) is -0.297. The maximum atomic E-state index is 9.42. The number of rotatable bonds is 4. The minimum Gasteiger partial charge on any atom is -0.396 e. The predicted octanol–water partition coefficient (Wildman–Crippen LogP) is 1.17. The van der Waals surface area contributed by atoms with Crippen molar-refractivity contribution in [3.8, 4) is 0 Å². The van der Waals surface area contributed by atoms with Crippen LogP contribution in [0.4, 0.5) is 0 Å². The maximum absolute atomic E-state index is 9.42. The zero-order chi connectivity index (χ0) is 8.20. The first-order valence-corrected chi connectivity index (χ1v) is 3.89. The van der Waals surface area contributed by atoms with E-state index in [9.17, 15) is 5.11 Å². The summed E-state index contributed by atoms with van der Waals surface area (Å²) in [5, 5.41) is 18.3. The summed E-state index contributed by atoms with van der Waals surface area (Å²) in [7, 11) is 0. The first-order chi connectivity index (χ1) is 4.60. The molecule has 0 saturated heterocycles. The van der Waals surface area contributed by atoms with Crippen molar-refractivity contribution < 1.29 is 10.2 Å². The molecule has 0 aliphatic carbocycles. The first kappa shape index (κ1) is 9.92. The van der Waals surface area contributed by atoms with E-state index in [2.05, 4.69) is 0 Å². The minimum atomic E-state index is -0.373. The van der Waals surface area contributed by atoms with E-state index in [0.717, 1.165) is 6.42 Å². The number of aliphatic hydroxyl groups is 2. The number of hydrogen-bond donors (Lipinski definition) is 2. The second kappa shape index (κ2) is 3.94. The monoisotopic (exact) mass is 146 g/mol. The second-order valence-corrected chi connectivity index (χ2v) is 3.09. The lowest BCUT2D eigenvalue weighted by Gasteiger charge is -2.30. The lowest BCUT2D eigenvalue weighted by Crippen LogP contribution is -2.34. The largest absolute Gasteiger partial charge is 0.396 e. The van der Waals surface area contributed by atoms with E-state index in [-0.39, 0.29) is 18.1 Å². The third-order valence-electron chi connectivity index (χ3n) is 2.36. The zero-order valence-electron chi connectivity index (χ0n) is 7.09. The normalized spacial score (nSPS) is 20.1. The van der Waals surface area contributed by atoms with Crippen LogP contribution in [0.1, 0.15) is 33.6 Å². The Labute approximate surface area is 62.9 Å².